The molecule has 0 aliphatic rings. The number of benzene rings is 1. The minimum atomic E-state index is -0.445. The summed E-state index contributed by atoms with van der Waals surface area (Å²) in [7, 11) is 0. The smallest absolute Gasteiger partial charge is 0.127 e. The molecule has 72 valence electrons. The Hall–Kier alpha value is -1.04. The molecule has 1 aromatic carbocycles. The van der Waals surface area contributed by atoms with Crippen molar-refractivity contribution in [1.29, 1.82) is 0 Å². The summed E-state index contributed by atoms with van der Waals surface area (Å²) < 4.78 is 25.6. The van der Waals surface area contributed by atoms with Crippen molar-refractivity contribution in [3.05, 3.63) is 35.4 Å². The fourth-order valence-electron chi connectivity index (χ4n) is 0.948. The molecule has 0 saturated carbocycles. The summed E-state index contributed by atoms with van der Waals surface area (Å²) in [6, 6.07) is 3.33. The van der Waals surface area contributed by atoms with Crippen LogP contribution in [0.25, 0.3) is 0 Å². The molecule has 1 aromatic rings. The number of hydrogen-bond donors (Lipinski definition) is 3. The number of nitrogens with one attached hydrogen (secondary N) is 2. The largest absolute Gasteiger partial charge is 0.299 e. The van der Waals surface area contributed by atoms with Crippen LogP contribution in [0.15, 0.2) is 18.2 Å². The van der Waals surface area contributed by atoms with Crippen LogP contribution >= 0.6 is 0 Å². The van der Waals surface area contributed by atoms with E-state index in [1.165, 1.54) is 0 Å². The summed E-state index contributed by atoms with van der Waals surface area (Å²) in [4.78, 5) is 0. The van der Waals surface area contributed by atoms with Crippen molar-refractivity contribution < 1.29 is 8.78 Å². The number of nitrogens with two attached hydrogens (primary N) is 1. The Morgan fingerprint density at radius 3 is 2.77 bits per heavy atom. The van der Waals surface area contributed by atoms with Gasteiger partial charge in [0, 0.05) is 12.1 Å². The molecular weight excluding hydrogens is 176 g/mol. The molecule has 0 saturated heterocycles. The zero-order chi connectivity index (χ0) is 9.68. The lowest BCUT2D eigenvalue weighted by atomic mass is 10.2. The van der Waals surface area contributed by atoms with Crippen molar-refractivity contribution in [2.45, 2.75) is 6.54 Å². The van der Waals surface area contributed by atoms with Gasteiger partial charge in [0.05, 0.1) is 6.67 Å². The van der Waals surface area contributed by atoms with Gasteiger partial charge < -0.3 is 0 Å². The summed E-state index contributed by atoms with van der Waals surface area (Å²) in [5.74, 6) is 4.11. The Labute approximate surface area is 74.9 Å². The molecule has 0 radical (unpaired) electrons. The third-order valence-corrected chi connectivity index (χ3v) is 1.55. The summed E-state index contributed by atoms with van der Waals surface area (Å²) in [6.07, 6.45) is 0. The SMILES string of the molecule is NNCNCc1cc(F)ccc1F. The first-order valence-corrected chi connectivity index (χ1v) is 3.82. The summed E-state index contributed by atoms with van der Waals surface area (Å²) in [5.41, 5.74) is 2.63. The van der Waals surface area contributed by atoms with Gasteiger partial charge in [-0.25, -0.2) is 14.2 Å². The van der Waals surface area contributed by atoms with Gasteiger partial charge in [-0.15, -0.1) is 0 Å². The molecule has 0 heterocycles. The predicted octanol–water partition coefficient (Wildman–Crippen LogP) is 0.475. The Morgan fingerprint density at radius 2 is 2.08 bits per heavy atom. The molecule has 0 aliphatic carbocycles. The first-order chi connectivity index (χ1) is 6.24. The van der Waals surface area contributed by atoms with Crippen LogP contribution in [0.5, 0.6) is 0 Å². The quantitative estimate of drug-likeness (QED) is 0.278. The van der Waals surface area contributed by atoms with E-state index in [-0.39, 0.29) is 12.1 Å². The average Bonchev–Trinajstić information content (AvgIpc) is 2.11. The molecule has 0 aromatic heterocycles. The second-order valence-corrected chi connectivity index (χ2v) is 2.54. The molecule has 0 atom stereocenters. The fourth-order valence-corrected chi connectivity index (χ4v) is 0.948. The molecule has 0 aliphatic heterocycles. The second kappa shape index (κ2) is 4.86. The molecule has 0 spiro atoms. The molecule has 0 fully saturated rings. The van der Waals surface area contributed by atoms with Crippen LogP contribution in [0, 0.1) is 11.6 Å². The van der Waals surface area contributed by atoms with E-state index in [9.17, 15) is 8.78 Å². The van der Waals surface area contributed by atoms with Crippen molar-refractivity contribution in [2.75, 3.05) is 6.67 Å². The highest BCUT2D eigenvalue weighted by Crippen LogP contribution is 2.08. The molecule has 0 bridgehead atoms. The minimum Gasteiger partial charge on any atom is -0.299 e. The van der Waals surface area contributed by atoms with Gasteiger partial charge >= 0.3 is 0 Å². The normalized spacial score (nSPS) is 10.4. The standard InChI is InChI=1S/C8H11F2N3/c9-7-1-2-8(10)6(3-7)4-12-5-13-11/h1-3,12-13H,4-5,11H2. The van der Waals surface area contributed by atoms with Gasteiger partial charge in [-0.05, 0) is 18.2 Å². The van der Waals surface area contributed by atoms with Crippen LogP contribution in [0.3, 0.4) is 0 Å². The second-order valence-electron chi connectivity index (χ2n) is 2.54. The highest BCUT2D eigenvalue weighted by molar-refractivity contribution is 5.18. The van der Waals surface area contributed by atoms with Crippen LogP contribution in [0.4, 0.5) is 8.78 Å². The van der Waals surface area contributed by atoms with Gasteiger partial charge in [0.2, 0.25) is 0 Å². The maximum atomic E-state index is 12.9. The highest BCUT2D eigenvalue weighted by Gasteiger charge is 2.02. The monoisotopic (exact) mass is 187 g/mol. The minimum absolute atomic E-state index is 0.244. The predicted molar refractivity (Wildman–Crippen MR) is 45.4 cm³/mol. The lowest BCUT2D eigenvalue weighted by molar-refractivity contribution is 0.552. The average molecular weight is 187 g/mol. The van der Waals surface area contributed by atoms with Crippen LogP contribution in [0.1, 0.15) is 5.56 Å². The Morgan fingerprint density at radius 1 is 1.31 bits per heavy atom. The van der Waals surface area contributed by atoms with E-state index in [0.29, 0.717) is 6.67 Å². The lowest BCUT2D eigenvalue weighted by Gasteiger charge is -2.04. The van der Waals surface area contributed by atoms with Crippen LogP contribution in [0.2, 0.25) is 0 Å². The van der Waals surface area contributed by atoms with E-state index < -0.39 is 11.6 Å². The van der Waals surface area contributed by atoms with Crippen molar-refractivity contribution in [2.24, 2.45) is 5.84 Å². The molecule has 4 N–H and O–H groups in total. The molecule has 3 nitrogen and oxygen atoms in total. The molecular formula is C8H11F2N3. The van der Waals surface area contributed by atoms with Crippen molar-refractivity contribution in [1.82, 2.24) is 10.7 Å². The Kier molecular flexibility index (Phi) is 3.75. The number of rotatable bonds is 4. The van der Waals surface area contributed by atoms with Crippen molar-refractivity contribution in [3.8, 4) is 0 Å². The van der Waals surface area contributed by atoms with Crippen LogP contribution < -0.4 is 16.6 Å². The molecule has 1 rings (SSSR count). The number of hydrazine groups is 1. The van der Waals surface area contributed by atoms with Crippen LogP contribution in [-0.4, -0.2) is 6.67 Å². The highest BCUT2D eigenvalue weighted by atomic mass is 19.1. The summed E-state index contributed by atoms with van der Waals surface area (Å²) in [5, 5.41) is 2.78. The number of halogens is 2. The van der Waals surface area contributed by atoms with E-state index in [1.54, 1.807) is 0 Å². The van der Waals surface area contributed by atoms with E-state index in [1.807, 2.05) is 0 Å². The maximum Gasteiger partial charge on any atom is 0.127 e. The summed E-state index contributed by atoms with van der Waals surface area (Å²) >= 11 is 0. The van der Waals surface area contributed by atoms with Crippen molar-refractivity contribution >= 4 is 0 Å². The van der Waals surface area contributed by atoms with E-state index in [4.69, 9.17) is 5.84 Å². The Bertz CT molecular complexity index is 278. The zero-order valence-electron chi connectivity index (χ0n) is 6.98. The summed E-state index contributed by atoms with van der Waals surface area (Å²) in [6.45, 7) is 0.587. The van der Waals surface area contributed by atoms with Crippen LogP contribution in [-0.2, 0) is 6.54 Å². The third-order valence-electron chi connectivity index (χ3n) is 1.55. The lowest BCUT2D eigenvalue weighted by Crippen LogP contribution is -2.33. The molecule has 0 unspecified atom stereocenters. The van der Waals surface area contributed by atoms with Crippen molar-refractivity contribution in [3.63, 3.8) is 0 Å². The zero-order valence-corrected chi connectivity index (χ0v) is 6.98. The first kappa shape index (κ1) is 10.0. The Balaban J connectivity index is 2.59. The molecule has 0 amide bonds. The van der Waals surface area contributed by atoms with Gasteiger partial charge in [0.15, 0.2) is 0 Å². The third kappa shape index (κ3) is 3.06. The van der Waals surface area contributed by atoms with Gasteiger partial charge in [-0.1, -0.05) is 0 Å². The molecule has 5 heteroatoms. The van der Waals surface area contributed by atoms with E-state index in [0.717, 1.165) is 18.2 Å². The fraction of sp³-hybridized carbons (Fsp3) is 0.250. The molecule has 13 heavy (non-hydrogen) atoms. The van der Waals surface area contributed by atoms with Gasteiger partial charge in [-0.2, -0.15) is 0 Å². The van der Waals surface area contributed by atoms with E-state index in [2.05, 4.69) is 10.7 Å². The topological polar surface area (TPSA) is 50.1 Å². The van der Waals surface area contributed by atoms with Gasteiger partial charge in [0.1, 0.15) is 11.6 Å². The maximum absolute atomic E-state index is 12.9. The number of hydrogen-bond acceptors (Lipinski definition) is 3. The van der Waals surface area contributed by atoms with Gasteiger partial charge in [0.25, 0.3) is 0 Å². The first-order valence-electron chi connectivity index (χ1n) is 3.82. The van der Waals surface area contributed by atoms with Gasteiger partial charge in [-0.3, -0.25) is 11.2 Å². The van der Waals surface area contributed by atoms with E-state index >= 15 is 0 Å².